The lowest BCUT2D eigenvalue weighted by Crippen LogP contribution is -2.64. The topological polar surface area (TPSA) is 41.6 Å². The van der Waals surface area contributed by atoms with Crippen molar-refractivity contribution in [2.45, 2.75) is 82.5 Å². The summed E-state index contributed by atoms with van der Waals surface area (Å²) in [6, 6.07) is 1.66. The molecule has 1 aliphatic heterocycles. The third-order valence-corrected chi connectivity index (χ3v) is 5.67. The highest BCUT2D eigenvalue weighted by molar-refractivity contribution is 5.82. The van der Waals surface area contributed by atoms with Gasteiger partial charge in [0.2, 0.25) is 0 Å². The van der Waals surface area contributed by atoms with Crippen LogP contribution >= 0.6 is 0 Å². The molecule has 3 aliphatic rings. The molecule has 2 saturated carbocycles. The van der Waals surface area contributed by atoms with Gasteiger partial charge in [0, 0.05) is 24.7 Å². The molecule has 0 aromatic rings. The lowest BCUT2D eigenvalue weighted by atomic mass is 9.88. The number of carbonyl (C=O) groups excluding carboxylic acids is 1. The van der Waals surface area contributed by atoms with Gasteiger partial charge in [-0.3, -0.25) is 10.2 Å². The molecule has 0 bridgehead atoms. The predicted octanol–water partition coefficient (Wildman–Crippen LogP) is 2.32. The van der Waals surface area contributed by atoms with Crippen molar-refractivity contribution >= 4 is 5.97 Å². The summed E-state index contributed by atoms with van der Waals surface area (Å²) in [7, 11) is 1.54. The van der Waals surface area contributed by atoms with Crippen molar-refractivity contribution in [3.63, 3.8) is 0 Å². The van der Waals surface area contributed by atoms with Gasteiger partial charge < -0.3 is 4.74 Å². The monoisotopic (exact) mass is 294 g/mol. The van der Waals surface area contributed by atoms with Crippen LogP contribution in [0.3, 0.4) is 0 Å². The van der Waals surface area contributed by atoms with Crippen LogP contribution in [-0.2, 0) is 9.53 Å². The fourth-order valence-electron chi connectivity index (χ4n) is 4.01. The number of hydrogen-bond acceptors (Lipinski definition) is 4. The van der Waals surface area contributed by atoms with Crippen LogP contribution in [0.4, 0.5) is 0 Å². The number of rotatable bonds is 6. The van der Waals surface area contributed by atoms with E-state index in [0.29, 0.717) is 24.0 Å². The molecule has 3 atom stereocenters. The van der Waals surface area contributed by atoms with Gasteiger partial charge in [-0.05, 0) is 58.3 Å². The normalized spacial score (nSPS) is 33.5. The summed E-state index contributed by atoms with van der Waals surface area (Å²) >= 11 is 0. The molecule has 0 aromatic heterocycles. The molecule has 1 heterocycles. The van der Waals surface area contributed by atoms with E-state index in [9.17, 15) is 4.79 Å². The third kappa shape index (κ3) is 3.11. The number of likely N-dealkylation sites (tertiary alicyclic amines) is 1. The minimum Gasteiger partial charge on any atom is -0.468 e. The van der Waals surface area contributed by atoms with Crippen molar-refractivity contribution < 1.29 is 9.53 Å². The molecule has 0 spiro atoms. The molecule has 3 rings (SSSR count). The van der Waals surface area contributed by atoms with Crippen LogP contribution in [0.15, 0.2) is 0 Å². The first kappa shape index (κ1) is 15.3. The lowest BCUT2D eigenvalue weighted by molar-refractivity contribution is -0.152. The number of nitrogens with zero attached hydrogens (tertiary/aromatic N) is 1. The summed E-state index contributed by atoms with van der Waals surface area (Å²) in [6.45, 7) is 5.44. The molecule has 1 saturated heterocycles. The van der Waals surface area contributed by atoms with Crippen molar-refractivity contribution in [3.8, 4) is 0 Å². The van der Waals surface area contributed by atoms with Gasteiger partial charge in [-0.1, -0.05) is 6.42 Å². The summed E-state index contributed by atoms with van der Waals surface area (Å²) in [5, 5.41) is 3.69. The summed E-state index contributed by atoms with van der Waals surface area (Å²) in [5.41, 5.74) is -0.463. The number of methoxy groups -OCH3 is 1. The Morgan fingerprint density at radius 2 is 1.76 bits per heavy atom. The molecule has 4 heteroatoms. The second-order valence-corrected chi connectivity index (χ2v) is 7.46. The molecular weight excluding hydrogens is 264 g/mol. The van der Waals surface area contributed by atoms with Gasteiger partial charge in [0.15, 0.2) is 0 Å². The standard InChI is InChI=1S/C17H30N2O2/c1-12-5-4-6-13(2)19(12)11-17(14-7-8-14,16(20)21-3)18-15-9-10-15/h12-15,18H,4-11H2,1-3H3. The Morgan fingerprint density at radius 3 is 2.24 bits per heavy atom. The predicted molar refractivity (Wildman–Crippen MR) is 83.1 cm³/mol. The Labute approximate surface area is 128 Å². The van der Waals surface area contributed by atoms with E-state index in [4.69, 9.17) is 4.74 Å². The number of carbonyl (C=O) groups is 1. The van der Waals surface area contributed by atoms with Gasteiger partial charge in [0.05, 0.1) is 7.11 Å². The van der Waals surface area contributed by atoms with E-state index in [1.54, 1.807) is 0 Å². The van der Waals surface area contributed by atoms with Gasteiger partial charge in [0.1, 0.15) is 5.54 Å². The Bertz CT molecular complexity index is 382. The van der Waals surface area contributed by atoms with Crippen LogP contribution in [0.2, 0.25) is 0 Å². The zero-order chi connectivity index (χ0) is 15.0. The highest BCUT2D eigenvalue weighted by Gasteiger charge is 2.55. The highest BCUT2D eigenvalue weighted by atomic mass is 16.5. The summed E-state index contributed by atoms with van der Waals surface area (Å²) < 4.78 is 5.23. The van der Waals surface area contributed by atoms with E-state index in [1.807, 2.05) is 0 Å². The Kier molecular flexibility index (Phi) is 4.28. The van der Waals surface area contributed by atoms with Gasteiger partial charge >= 0.3 is 5.97 Å². The highest BCUT2D eigenvalue weighted by Crippen LogP contribution is 2.43. The number of hydrogen-bond donors (Lipinski definition) is 1. The molecule has 0 amide bonds. The maximum atomic E-state index is 12.7. The first-order valence-corrected chi connectivity index (χ1v) is 8.68. The van der Waals surface area contributed by atoms with Crippen molar-refractivity contribution in [1.29, 1.82) is 0 Å². The average Bonchev–Trinajstić information content (AvgIpc) is 3.33. The van der Waals surface area contributed by atoms with Crippen molar-refractivity contribution in [1.82, 2.24) is 10.2 Å². The first-order valence-electron chi connectivity index (χ1n) is 8.68. The number of piperidine rings is 1. The number of esters is 1. The Morgan fingerprint density at radius 1 is 1.14 bits per heavy atom. The fraction of sp³-hybridized carbons (Fsp3) is 0.941. The summed E-state index contributed by atoms with van der Waals surface area (Å²) in [6.07, 6.45) is 8.53. The van der Waals surface area contributed by atoms with Gasteiger partial charge in [-0.25, -0.2) is 4.79 Å². The molecule has 4 nitrogen and oxygen atoms in total. The molecular formula is C17H30N2O2. The SMILES string of the molecule is COC(=O)C(CN1C(C)CCCC1C)(NC1CC1)C1CC1. The van der Waals surface area contributed by atoms with Crippen LogP contribution in [0, 0.1) is 5.92 Å². The second kappa shape index (κ2) is 5.88. The quantitative estimate of drug-likeness (QED) is 0.763. The smallest absolute Gasteiger partial charge is 0.327 e. The lowest BCUT2D eigenvalue weighted by Gasteiger charge is -2.45. The van der Waals surface area contributed by atoms with E-state index in [-0.39, 0.29) is 5.97 Å². The van der Waals surface area contributed by atoms with Crippen LogP contribution in [-0.4, -0.2) is 48.2 Å². The van der Waals surface area contributed by atoms with E-state index in [1.165, 1.54) is 39.2 Å². The number of ether oxygens (including phenoxy) is 1. The van der Waals surface area contributed by atoms with Crippen LogP contribution in [0.25, 0.3) is 0 Å². The molecule has 0 radical (unpaired) electrons. The van der Waals surface area contributed by atoms with Gasteiger partial charge in [-0.15, -0.1) is 0 Å². The average molecular weight is 294 g/mol. The van der Waals surface area contributed by atoms with Crippen molar-refractivity contribution in [2.24, 2.45) is 5.92 Å². The third-order valence-electron chi connectivity index (χ3n) is 5.67. The van der Waals surface area contributed by atoms with Crippen molar-refractivity contribution in [2.75, 3.05) is 13.7 Å². The minimum absolute atomic E-state index is 0.0399. The van der Waals surface area contributed by atoms with Crippen molar-refractivity contribution in [3.05, 3.63) is 0 Å². The molecule has 3 fully saturated rings. The molecule has 21 heavy (non-hydrogen) atoms. The maximum Gasteiger partial charge on any atom is 0.327 e. The van der Waals surface area contributed by atoms with E-state index < -0.39 is 5.54 Å². The zero-order valence-electron chi connectivity index (χ0n) is 13.7. The molecule has 2 aliphatic carbocycles. The summed E-state index contributed by atoms with van der Waals surface area (Å²) in [4.78, 5) is 15.2. The zero-order valence-corrected chi connectivity index (χ0v) is 13.7. The largest absolute Gasteiger partial charge is 0.468 e. The molecule has 3 unspecified atom stereocenters. The maximum absolute atomic E-state index is 12.7. The molecule has 1 N–H and O–H groups in total. The van der Waals surface area contributed by atoms with Gasteiger partial charge in [-0.2, -0.15) is 0 Å². The van der Waals surface area contributed by atoms with Crippen LogP contribution in [0.1, 0.15) is 58.8 Å². The second-order valence-electron chi connectivity index (χ2n) is 7.46. The Hall–Kier alpha value is -0.610. The van der Waals surface area contributed by atoms with E-state index in [0.717, 1.165) is 19.4 Å². The first-order chi connectivity index (χ1) is 10.1. The van der Waals surface area contributed by atoms with Crippen LogP contribution in [0.5, 0.6) is 0 Å². The van der Waals surface area contributed by atoms with Gasteiger partial charge in [0.25, 0.3) is 0 Å². The molecule has 120 valence electrons. The van der Waals surface area contributed by atoms with E-state index >= 15 is 0 Å². The Balaban J connectivity index is 1.81. The summed E-state index contributed by atoms with van der Waals surface area (Å²) in [5.74, 6) is 0.425. The minimum atomic E-state index is -0.463. The fourth-order valence-corrected chi connectivity index (χ4v) is 4.01. The van der Waals surface area contributed by atoms with Crippen LogP contribution < -0.4 is 5.32 Å². The van der Waals surface area contributed by atoms with E-state index in [2.05, 4.69) is 24.1 Å². The number of nitrogens with one attached hydrogen (secondary N) is 1. The molecule has 0 aromatic carbocycles.